The quantitative estimate of drug-likeness (QED) is 0.834. The Morgan fingerprint density at radius 1 is 1.30 bits per heavy atom. The first-order valence-corrected chi connectivity index (χ1v) is 8.14. The molecular weight excluding hydrogens is 384 g/mol. The minimum Gasteiger partial charge on any atom is -0.385 e. The van der Waals surface area contributed by atoms with E-state index in [9.17, 15) is 5.11 Å². The first-order valence-electron chi connectivity index (χ1n) is 6.56. The van der Waals surface area contributed by atoms with Gasteiger partial charge < -0.3 is 5.11 Å². The molecule has 0 saturated heterocycles. The van der Waals surface area contributed by atoms with Gasteiger partial charge in [-0.3, -0.25) is 4.68 Å². The van der Waals surface area contributed by atoms with Crippen molar-refractivity contribution in [2.24, 2.45) is 0 Å². The molecule has 1 aromatic carbocycles. The average Bonchev–Trinajstić information content (AvgIpc) is 2.66. The van der Waals surface area contributed by atoms with E-state index in [1.165, 1.54) is 0 Å². The number of halogens is 2. The van der Waals surface area contributed by atoms with E-state index in [0.29, 0.717) is 6.42 Å². The second-order valence-electron chi connectivity index (χ2n) is 5.09. The van der Waals surface area contributed by atoms with Crippen LogP contribution in [0.1, 0.15) is 30.8 Å². The molecule has 1 aromatic heterocycles. The Kier molecular flexibility index (Phi) is 4.72. The van der Waals surface area contributed by atoms with E-state index in [2.05, 4.69) is 43.9 Å². The standard InChI is InChI=1S/C15H18Br2N2O/c1-4-19-13(14(17)10(2)18-19)9-15(3,20)11-7-5-6-8-12(11)16/h5-8,20H,4,9H2,1-3H3. The molecule has 1 N–H and O–H groups in total. The molecule has 108 valence electrons. The van der Waals surface area contributed by atoms with Crippen molar-refractivity contribution in [1.29, 1.82) is 0 Å². The molecule has 0 aliphatic heterocycles. The zero-order valence-corrected chi connectivity index (χ0v) is 15.0. The molecule has 20 heavy (non-hydrogen) atoms. The van der Waals surface area contributed by atoms with Crippen LogP contribution in [0.25, 0.3) is 0 Å². The summed E-state index contributed by atoms with van der Waals surface area (Å²) in [5.41, 5.74) is 1.89. The van der Waals surface area contributed by atoms with Crippen molar-refractivity contribution in [3.8, 4) is 0 Å². The molecule has 0 aliphatic carbocycles. The van der Waals surface area contributed by atoms with Crippen molar-refractivity contribution >= 4 is 31.9 Å². The topological polar surface area (TPSA) is 38.0 Å². The smallest absolute Gasteiger partial charge is 0.0934 e. The molecule has 0 fully saturated rings. The van der Waals surface area contributed by atoms with Gasteiger partial charge in [-0.1, -0.05) is 34.1 Å². The van der Waals surface area contributed by atoms with Crippen LogP contribution < -0.4 is 0 Å². The summed E-state index contributed by atoms with van der Waals surface area (Å²) >= 11 is 7.09. The number of aryl methyl sites for hydroxylation is 2. The van der Waals surface area contributed by atoms with Gasteiger partial charge >= 0.3 is 0 Å². The lowest BCUT2D eigenvalue weighted by molar-refractivity contribution is 0.0545. The predicted molar refractivity (Wildman–Crippen MR) is 87.8 cm³/mol. The highest BCUT2D eigenvalue weighted by atomic mass is 79.9. The van der Waals surface area contributed by atoms with Crippen molar-refractivity contribution < 1.29 is 5.11 Å². The van der Waals surface area contributed by atoms with E-state index >= 15 is 0 Å². The van der Waals surface area contributed by atoms with Crippen LogP contribution in [0, 0.1) is 6.92 Å². The maximum absolute atomic E-state index is 10.9. The zero-order chi connectivity index (χ0) is 14.9. The van der Waals surface area contributed by atoms with E-state index in [4.69, 9.17) is 0 Å². The van der Waals surface area contributed by atoms with E-state index < -0.39 is 5.60 Å². The van der Waals surface area contributed by atoms with E-state index in [-0.39, 0.29) is 0 Å². The lowest BCUT2D eigenvalue weighted by atomic mass is 9.91. The molecule has 0 bridgehead atoms. The normalized spacial score (nSPS) is 14.3. The van der Waals surface area contributed by atoms with Crippen molar-refractivity contribution in [2.45, 2.75) is 39.3 Å². The molecule has 0 spiro atoms. The fourth-order valence-corrected chi connectivity index (χ4v) is 3.49. The van der Waals surface area contributed by atoms with Gasteiger partial charge in [0.25, 0.3) is 0 Å². The molecule has 2 aromatic rings. The number of aromatic nitrogens is 2. The van der Waals surface area contributed by atoms with Crippen LogP contribution in [-0.2, 0) is 18.6 Å². The fraction of sp³-hybridized carbons (Fsp3) is 0.400. The maximum atomic E-state index is 10.9. The molecule has 0 radical (unpaired) electrons. The molecule has 0 saturated carbocycles. The van der Waals surface area contributed by atoms with Crippen LogP contribution in [0.2, 0.25) is 0 Å². The summed E-state index contributed by atoms with van der Waals surface area (Å²) in [6.45, 7) is 6.64. The Bertz CT molecular complexity index is 620. The first-order chi connectivity index (χ1) is 9.36. The minimum atomic E-state index is -0.956. The lowest BCUT2D eigenvalue weighted by Gasteiger charge is -2.25. The Balaban J connectivity index is 2.41. The molecule has 0 aliphatic rings. The molecule has 1 atom stereocenters. The van der Waals surface area contributed by atoms with Gasteiger partial charge in [0.2, 0.25) is 0 Å². The molecule has 2 rings (SSSR count). The lowest BCUT2D eigenvalue weighted by Crippen LogP contribution is -2.26. The molecule has 1 heterocycles. The van der Waals surface area contributed by atoms with Gasteiger partial charge in [-0.2, -0.15) is 5.10 Å². The molecule has 3 nitrogen and oxygen atoms in total. The Hall–Kier alpha value is -0.650. The fourth-order valence-electron chi connectivity index (χ4n) is 2.36. The zero-order valence-electron chi connectivity index (χ0n) is 11.8. The van der Waals surface area contributed by atoms with Gasteiger partial charge in [-0.05, 0) is 48.3 Å². The summed E-state index contributed by atoms with van der Waals surface area (Å²) < 4.78 is 3.83. The minimum absolute atomic E-state index is 0.505. The highest BCUT2D eigenvalue weighted by Gasteiger charge is 2.29. The van der Waals surface area contributed by atoms with E-state index in [0.717, 1.165) is 32.4 Å². The largest absolute Gasteiger partial charge is 0.385 e. The van der Waals surface area contributed by atoms with Gasteiger partial charge in [0, 0.05) is 17.4 Å². The summed E-state index contributed by atoms with van der Waals surface area (Å²) in [5, 5.41) is 15.4. The monoisotopic (exact) mass is 400 g/mol. The SMILES string of the molecule is CCn1nc(C)c(Br)c1CC(C)(O)c1ccccc1Br. The highest BCUT2D eigenvalue weighted by molar-refractivity contribution is 9.10. The van der Waals surface area contributed by atoms with Gasteiger partial charge in [-0.25, -0.2) is 0 Å². The van der Waals surface area contributed by atoms with Crippen LogP contribution in [0.3, 0.4) is 0 Å². The van der Waals surface area contributed by atoms with Gasteiger partial charge in [0.1, 0.15) is 0 Å². The van der Waals surface area contributed by atoms with E-state index in [1.807, 2.05) is 42.8 Å². The third kappa shape index (κ3) is 3.00. The van der Waals surface area contributed by atoms with E-state index in [1.54, 1.807) is 0 Å². The van der Waals surface area contributed by atoms with Crippen molar-refractivity contribution in [1.82, 2.24) is 9.78 Å². The van der Waals surface area contributed by atoms with Crippen LogP contribution in [0.4, 0.5) is 0 Å². The summed E-state index contributed by atoms with van der Waals surface area (Å²) in [4.78, 5) is 0. The second kappa shape index (κ2) is 6.00. The molecule has 1 unspecified atom stereocenters. The van der Waals surface area contributed by atoms with Crippen molar-refractivity contribution in [3.63, 3.8) is 0 Å². The number of rotatable bonds is 4. The summed E-state index contributed by atoms with van der Waals surface area (Å²) in [6, 6.07) is 7.77. The van der Waals surface area contributed by atoms with Crippen LogP contribution in [0.15, 0.2) is 33.2 Å². The molecule has 5 heteroatoms. The summed E-state index contributed by atoms with van der Waals surface area (Å²) in [5.74, 6) is 0. The second-order valence-corrected chi connectivity index (χ2v) is 6.74. The number of hydrogen-bond acceptors (Lipinski definition) is 2. The average molecular weight is 402 g/mol. The number of benzene rings is 1. The molecular formula is C15H18Br2N2O. The van der Waals surface area contributed by atoms with Crippen molar-refractivity contribution in [2.75, 3.05) is 0 Å². The molecule has 0 amide bonds. The predicted octanol–water partition coefficient (Wildman–Crippen LogP) is 4.19. The summed E-state index contributed by atoms with van der Waals surface area (Å²) in [7, 11) is 0. The first kappa shape index (κ1) is 15.7. The van der Waals surface area contributed by atoms with Crippen LogP contribution in [-0.4, -0.2) is 14.9 Å². The third-order valence-electron chi connectivity index (χ3n) is 3.42. The number of aliphatic hydroxyl groups is 1. The van der Waals surface area contributed by atoms with Crippen molar-refractivity contribution in [3.05, 3.63) is 50.2 Å². The Labute approximate surface area is 136 Å². The van der Waals surface area contributed by atoms with Gasteiger partial charge in [0.05, 0.1) is 21.5 Å². The Morgan fingerprint density at radius 2 is 1.95 bits per heavy atom. The number of hydrogen-bond donors (Lipinski definition) is 1. The third-order valence-corrected chi connectivity index (χ3v) is 5.14. The maximum Gasteiger partial charge on any atom is 0.0934 e. The Morgan fingerprint density at radius 3 is 2.55 bits per heavy atom. The number of nitrogens with zero attached hydrogens (tertiary/aromatic N) is 2. The van der Waals surface area contributed by atoms with Crippen LogP contribution >= 0.6 is 31.9 Å². The van der Waals surface area contributed by atoms with Crippen LogP contribution in [0.5, 0.6) is 0 Å². The van der Waals surface area contributed by atoms with Gasteiger partial charge in [-0.15, -0.1) is 0 Å². The summed E-state index contributed by atoms with van der Waals surface area (Å²) in [6.07, 6.45) is 0.505. The van der Waals surface area contributed by atoms with Gasteiger partial charge in [0.15, 0.2) is 0 Å². The highest BCUT2D eigenvalue weighted by Crippen LogP contribution is 2.33.